The van der Waals surface area contributed by atoms with Crippen molar-refractivity contribution in [3.63, 3.8) is 0 Å². The highest BCUT2D eigenvalue weighted by atomic mass is 79.9. The molecule has 0 saturated carbocycles. The number of hydrogen-bond donors (Lipinski definition) is 1. The van der Waals surface area contributed by atoms with Gasteiger partial charge in [0, 0.05) is 37.4 Å². The van der Waals surface area contributed by atoms with Crippen LogP contribution in [0.1, 0.15) is 22.0 Å². The third kappa shape index (κ3) is 4.81. The molecule has 1 unspecified atom stereocenters. The van der Waals surface area contributed by atoms with Crippen molar-refractivity contribution >= 4 is 27.7 Å². The van der Waals surface area contributed by atoms with Gasteiger partial charge in [-0.25, -0.2) is 4.98 Å². The maximum Gasteiger partial charge on any atom is 0.252 e. The number of rotatable bonds is 6. The number of aromatic nitrogens is 1. The monoisotopic (exact) mass is 419 g/mol. The first-order valence-electron chi connectivity index (χ1n) is 8.52. The number of amides is 1. The van der Waals surface area contributed by atoms with Crippen LogP contribution in [0.15, 0.2) is 47.1 Å². The topological polar surface area (TPSA) is 63.7 Å². The van der Waals surface area contributed by atoms with Gasteiger partial charge in [-0.15, -0.1) is 0 Å². The highest BCUT2D eigenvalue weighted by molar-refractivity contribution is 9.10. The van der Waals surface area contributed by atoms with Crippen LogP contribution in [0.25, 0.3) is 0 Å². The van der Waals surface area contributed by atoms with Crippen LogP contribution in [0.2, 0.25) is 0 Å². The van der Waals surface area contributed by atoms with E-state index in [0.717, 1.165) is 28.9 Å². The van der Waals surface area contributed by atoms with E-state index in [-0.39, 0.29) is 12.0 Å². The Morgan fingerprint density at radius 2 is 2.15 bits per heavy atom. The number of morpholine rings is 1. The van der Waals surface area contributed by atoms with Crippen LogP contribution in [0.5, 0.6) is 0 Å². The number of halogens is 1. The number of benzene rings is 1. The maximum atomic E-state index is 12.0. The van der Waals surface area contributed by atoms with E-state index in [1.807, 2.05) is 18.2 Å². The summed E-state index contributed by atoms with van der Waals surface area (Å²) in [5.41, 5.74) is 1.69. The quantitative estimate of drug-likeness (QED) is 0.729. The smallest absolute Gasteiger partial charge is 0.252 e. The lowest BCUT2D eigenvalue weighted by Crippen LogP contribution is -2.38. The molecule has 1 aliphatic rings. The molecule has 0 aliphatic carbocycles. The number of methoxy groups -OCH3 is 1. The Hall–Kier alpha value is -1.96. The Kier molecular flexibility index (Phi) is 6.60. The Balaban J connectivity index is 1.63. The van der Waals surface area contributed by atoms with Gasteiger partial charge in [0.15, 0.2) is 0 Å². The van der Waals surface area contributed by atoms with Crippen LogP contribution >= 0.6 is 15.9 Å². The first kappa shape index (κ1) is 18.8. The molecule has 1 amide bonds. The molecule has 6 nitrogen and oxygen atoms in total. The first-order valence-corrected chi connectivity index (χ1v) is 9.32. The summed E-state index contributed by atoms with van der Waals surface area (Å²) in [7, 11) is 1.60. The standard InChI is InChI=1S/C19H22BrN3O3/c1-25-10-8-21-19(24)15-4-7-18(22-12-15)23-9-11-26-17(13-23)14-2-5-16(20)6-3-14/h2-7,12,17H,8-11,13H2,1H3,(H,21,24). The third-order valence-corrected chi connectivity index (χ3v) is 4.76. The fourth-order valence-corrected chi connectivity index (χ4v) is 3.08. The summed E-state index contributed by atoms with van der Waals surface area (Å²) in [4.78, 5) is 18.7. The van der Waals surface area contributed by atoms with Crippen LogP contribution in [0.3, 0.4) is 0 Å². The second-order valence-corrected chi connectivity index (χ2v) is 6.93. The van der Waals surface area contributed by atoms with Crippen LogP contribution in [-0.2, 0) is 9.47 Å². The van der Waals surface area contributed by atoms with Gasteiger partial charge in [0.2, 0.25) is 0 Å². The summed E-state index contributed by atoms with van der Waals surface area (Å²) in [5, 5.41) is 2.79. The fourth-order valence-electron chi connectivity index (χ4n) is 2.81. The molecule has 1 aromatic heterocycles. The third-order valence-electron chi connectivity index (χ3n) is 4.23. The lowest BCUT2D eigenvalue weighted by molar-refractivity contribution is 0.0395. The van der Waals surface area contributed by atoms with Gasteiger partial charge in [-0.2, -0.15) is 0 Å². The maximum absolute atomic E-state index is 12.0. The fraction of sp³-hybridized carbons (Fsp3) is 0.368. The van der Waals surface area contributed by atoms with Crippen LogP contribution in [0, 0.1) is 0 Å². The van der Waals surface area contributed by atoms with Crippen molar-refractivity contribution in [1.82, 2.24) is 10.3 Å². The zero-order valence-corrected chi connectivity index (χ0v) is 16.2. The SMILES string of the molecule is COCCNC(=O)c1ccc(N2CCOC(c3ccc(Br)cc3)C2)nc1. The van der Waals surface area contributed by atoms with Crippen molar-refractivity contribution in [3.8, 4) is 0 Å². The van der Waals surface area contributed by atoms with Gasteiger partial charge in [0.05, 0.1) is 18.8 Å². The summed E-state index contributed by atoms with van der Waals surface area (Å²) < 4.78 is 11.9. The number of pyridine rings is 1. The molecule has 2 aromatic rings. The zero-order chi connectivity index (χ0) is 18.4. The van der Waals surface area contributed by atoms with E-state index in [1.165, 1.54) is 0 Å². The van der Waals surface area contributed by atoms with Crippen LogP contribution < -0.4 is 10.2 Å². The van der Waals surface area contributed by atoms with E-state index in [4.69, 9.17) is 9.47 Å². The molecule has 0 spiro atoms. The minimum Gasteiger partial charge on any atom is -0.383 e. The Bertz CT molecular complexity index is 722. The normalized spacial score (nSPS) is 17.2. The van der Waals surface area contributed by atoms with E-state index in [2.05, 4.69) is 43.3 Å². The van der Waals surface area contributed by atoms with Crippen molar-refractivity contribution in [3.05, 3.63) is 58.2 Å². The lowest BCUT2D eigenvalue weighted by atomic mass is 10.1. The first-order chi connectivity index (χ1) is 12.7. The van der Waals surface area contributed by atoms with Gasteiger partial charge in [-0.3, -0.25) is 4.79 Å². The van der Waals surface area contributed by atoms with Gasteiger partial charge < -0.3 is 19.7 Å². The zero-order valence-electron chi connectivity index (χ0n) is 14.7. The molecule has 7 heteroatoms. The average Bonchev–Trinajstić information content (AvgIpc) is 2.69. The van der Waals surface area contributed by atoms with Crippen molar-refractivity contribution in [2.45, 2.75) is 6.10 Å². The predicted octanol–water partition coefficient (Wildman–Crippen LogP) is 2.80. The number of carbonyl (C=O) groups excluding carboxylic acids is 1. The van der Waals surface area contributed by atoms with Gasteiger partial charge in [-0.05, 0) is 29.8 Å². The number of nitrogens with zero attached hydrogens (tertiary/aromatic N) is 2. The highest BCUT2D eigenvalue weighted by Gasteiger charge is 2.23. The number of anilines is 1. The Morgan fingerprint density at radius 1 is 1.35 bits per heavy atom. The van der Waals surface area contributed by atoms with Crippen molar-refractivity contribution in [2.24, 2.45) is 0 Å². The largest absolute Gasteiger partial charge is 0.383 e. The Labute approximate surface area is 161 Å². The molecule has 2 heterocycles. The molecule has 0 radical (unpaired) electrons. The van der Waals surface area contributed by atoms with E-state index in [0.29, 0.717) is 25.3 Å². The predicted molar refractivity (Wildman–Crippen MR) is 103 cm³/mol. The highest BCUT2D eigenvalue weighted by Crippen LogP contribution is 2.26. The summed E-state index contributed by atoms with van der Waals surface area (Å²) in [6.07, 6.45) is 1.62. The van der Waals surface area contributed by atoms with Gasteiger partial charge in [0.1, 0.15) is 11.9 Å². The Morgan fingerprint density at radius 3 is 2.85 bits per heavy atom. The van der Waals surface area contributed by atoms with E-state index >= 15 is 0 Å². The second kappa shape index (κ2) is 9.12. The summed E-state index contributed by atoms with van der Waals surface area (Å²) >= 11 is 3.46. The summed E-state index contributed by atoms with van der Waals surface area (Å²) in [6.45, 7) is 3.12. The van der Waals surface area contributed by atoms with E-state index < -0.39 is 0 Å². The van der Waals surface area contributed by atoms with E-state index in [9.17, 15) is 4.79 Å². The molecule has 1 atom stereocenters. The molecule has 138 valence electrons. The van der Waals surface area contributed by atoms with Gasteiger partial charge >= 0.3 is 0 Å². The second-order valence-electron chi connectivity index (χ2n) is 6.01. The molecular formula is C19H22BrN3O3. The minimum atomic E-state index is -0.143. The van der Waals surface area contributed by atoms with Crippen molar-refractivity contribution < 1.29 is 14.3 Å². The molecule has 1 aliphatic heterocycles. The number of nitrogens with one attached hydrogen (secondary N) is 1. The van der Waals surface area contributed by atoms with Crippen LogP contribution in [0.4, 0.5) is 5.82 Å². The lowest BCUT2D eigenvalue weighted by Gasteiger charge is -2.34. The summed E-state index contributed by atoms with van der Waals surface area (Å²) in [6, 6.07) is 11.9. The van der Waals surface area contributed by atoms with Crippen molar-refractivity contribution in [1.29, 1.82) is 0 Å². The minimum absolute atomic E-state index is 0.00988. The molecule has 1 N–H and O–H groups in total. The number of carbonyl (C=O) groups is 1. The van der Waals surface area contributed by atoms with Gasteiger partial charge in [-0.1, -0.05) is 28.1 Å². The molecule has 0 bridgehead atoms. The average molecular weight is 420 g/mol. The van der Waals surface area contributed by atoms with E-state index in [1.54, 1.807) is 19.4 Å². The van der Waals surface area contributed by atoms with Crippen LogP contribution in [-0.4, -0.2) is 50.8 Å². The number of hydrogen-bond acceptors (Lipinski definition) is 5. The molecular weight excluding hydrogens is 398 g/mol. The molecule has 26 heavy (non-hydrogen) atoms. The molecule has 1 fully saturated rings. The summed E-state index contributed by atoms with van der Waals surface area (Å²) in [5.74, 6) is 0.708. The molecule has 1 aromatic carbocycles. The molecule has 1 saturated heterocycles. The van der Waals surface area contributed by atoms with Crippen molar-refractivity contribution in [2.75, 3.05) is 44.9 Å². The van der Waals surface area contributed by atoms with Gasteiger partial charge in [0.25, 0.3) is 5.91 Å². The number of ether oxygens (including phenoxy) is 2. The molecule has 3 rings (SSSR count).